The molecule has 7 heteroatoms. The summed E-state index contributed by atoms with van der Waals surface area (Å²) in [6, 6.07) is 5.90. The first-order valence-corrected chi connectivity index (χ1v) is 6.61. The maximum atomic E-state index is 13.3. The van der Waals surface area contributed by atoms with Crippen molar-refractivity contribution in [2.75, 3.05) is 18.1 Å². The molecule has 0 aliphatic heterocycles. The van der Waals surface area contributed by atoms with E-state index in [1.165, 1.54) is 22.8 Å². The third-order valence-electron chi connectivity index (χ3n) is 3.48. The number of nitrogens with two attached hydrogens (primary N) is 1. The van der Waals surface area contributed by atoms with Crippen molar-refractivity contribution in [3.8, 4) is 11.1 Å². The zero-order chi connectivity index (χ0) is 15.9. The Kier molecular flexibility index (Phi) is 3.25. The molecule has 0 bridgehead atoms. The number of aryl methyl sites for hydroxylation is 1. The summed E-state index contributed by atoms with van der Waals surface area (Å²) in [5.41, 5.74) is 6.83. The summed E-state index contributed by atoms with van der Waals surface area (Å²) in [6.07, 6.45) is 1.63. The van der Waals surface area contributed by atoms with Gasteiger partial charge in [-0.05, 0) is 23.8 Å². The molecule has 3 rings (SSSR count). The molecule has 6 nitrogen and oxygen atoms in total. The molecular weight excluding hydrogens is 285 g/mol. The van der Waals surface area contributed by atoms with Crippen LogP contribution in [0.2, 0.25) is 0 Å². The van der Waals surface area contributed by atoms with Crippen LogP contribution in [-0.4, -0.2) is 21.6 Å². The summed E-state index contributed by atoms with van der Waals surface area (Å²) in [4.78, 5) is 20.9. The Labute approximate surface area is 125 Å². The van der Waals surface area contributed by atoms with Crippen LogP contribution < -0.4 is 16.6 Å². The highest BCUT2D eigenvalue weighted by Crippen LogP contribution is 2.23. The number of nitrogens with zero attached hydrogens (tertiary/aromatic N) is 3. The predicted octanol–water partition coefficient (Wildman–Crippen LogP) is 1.76. The number of pyridine rings is 1. The molecule has 0 spiro atoms. The Morgan fingerprint density at radius 1 is 1.32 bits per heavy atom. The van der Waals surface area contributed by atoms with Crippen LogP contribution in [0.15, 0.2) is 35.3 Å². The van der Waals surface area contributed by atoms with Crippen LogP contribution in [0.25, 0.3) is 22.2 Å². The number of benzene rings is 1. The average molecular weight is 299 g/mol. The molecule has 0 amide bonds. The largest absolute Gasteiger partial charge is 0.396 e. The van der Waals surface area contributed by atoms with Gasteiger partial charge in [0.25, 0.3) is 5.56 Å². The van der Waals surface area contributed by atoms with Gasteiger partial charge in [-0.2, -0.15) is 4.98 Å². The molecule has 0 radical (unpaired) electrons. The first-order chi connectivity index (χ1) is 10.5. The SMILES string of the molecule is CNc1ncc2cc(-c3ccc(F)c(N)c3)c(=O)n(C)c2n1. The van der Waals surface area contributed by atoms with Crippen molar-refractivity contribution in [2.45, 2.75) is 0 Å². The van der Waals surface area contributed by atoms with E-state index in [-0.39, 0.29) is 11.2 Å². The van der Waals surface area contributed by atoms with E-state index in [0.717, 1.165) is 0 Å². The number of nitrogen functional groups attached to an aromatic ring is 1. The van der Waals surface area contributed by atoms with E-state index < -0.39 is 5.82 Å². The van der Waals surface area contributed by atoms with Crippen LogP contribution in [0.4, 0.5) is 16.0 Å². The van der Waals surface area contributed by atoms with Crippen LogP contribution in [0, 0.1) is 5.82 Å². The quantitative estimate of drug-likeness (QED) is 0.704. The van der Waals surface area contributed by atoms with E-state index in [4.69, 9.17) is 5.73 Å². The lowest BCUT2D eigenvalue weighted by Gasteiger charge is -2.09. The molecule has 22 heavy (non-hydrogen) atoms. The molecule has 1 aromatic carbocycles. The van der Waals surface area contributed by atoms with Gasteiger partial charge in [0.15, 0.2) is 0 Å². The monoisotopic (exact) mass is 299 g/mol. The van der Waals surface area contributed by atoms with Gasteiger partial charge in [0.1, 0.15) is 11.5 Å². The van der Waals surface area contributed by atoms with Gasteiger partial charge in [-0.15, -0.1) is 0 Å². The second kappa shape index (κ2) is 5.10. The van der Waals surface area contributed by atoms with Crippen molar-refractivity contribution in [3.63, 3.8) is 0 Å². The Morgan fingerprint density at radius 2 is 2.09 bits per heavy atom. The van der Waals surface area contributed by atoms with Crippen molar-refractivity contribution < 1.29 is 4.39 Å². The van der Waals surface area contributed by atoms with E-state index in [2.05, 4.69) is 15.3 Å². The molecule has 0 fully saturated rings. The Balaban J connectivity index is 2.29. The minimum atomic E-state index is -0.511. The zero-order valence-electron chi connectivity index (χ0n) is 12.1. The molecular formula is C15H14FN5O. The highest BCUT2D eigenvalue weighted by atomic mass is 19.1. The van der Waals surface area contributed by atoms with E-state index in [0.29, 0.717) is 28.1 Å². The number of halogens is 1. The molecule has 0 saturated carbocycles. The molecule has 112 valence electrons. The van der Waals surface area contributed by atoms with Gasteiger partial charge in [-0.25, -0.2) is 9.37 Å². The van der Waals surface area contributed by atoms with E-state index in [1.807, 2.05) is 0 Å². The summed E-state index contributed by atoms with van der Waals surface area (Å²) in [6.45, 7) is 0. The van der Waals surface area contributed by atoms with Crippen LogP contribution in [0.5, 0.6) is 0 Å². The lowest BCUT2D eigenvalue weighted by atomic mass is 10.1. The molecule has 0 saturated heterocycles. The minimum Gasteiger partial charge on any atom is -0.396 e. The third kappa shape index (κ3) is 2.16. The van der Waals surface area contributed by atoms with Gasteiger partial charge in [0.05, 0.1) is 5.69 Å². The van der Waals surface area contributed by atoms with Gasteiger partial charge in [0, 0.05) is 31.2 Å². The first-order valence-electron chi connectivity index (χ1n) is 6.61. The molecule has 0 aliphatic rings. The smallest absolute Gasteiger partial charge is 0.259 e. The maximum absolute atomic E-state index is 13.3. The normalized spacial score (nSPS) is 10.9. The lowest BCUT2D eigenvalue weighted by Crippen LogP contribution is -2.20. The highest BCUT2D eigenvalue weighted by Gasteiger charge is 2.12. The minimum absolute atomic E-state index is 0.00132. The summed E-state index contributed by atoms with van der Waals surface area (Å²) >= 11 is 0. The number of hydrogen-bond donors (Lipinski definition) is 2. The second-order valence-corrected chi connectivity index (χ2v) is 4.88. The Bertz CT molecular complexity index is 935. The Morgan fingerprint density at radius 3 is 2.77 bits per heavy atom. The number of anilines is 2. The van der Waals surface area contributed by atoms with Crippen molar-refractivity contribution >= 4 is 22.7 Å². The maximum Gasteiger partial charge on any atom is 0.259 e. The van der Waals surface area contributed by atoms with Crippen LogP contribution in [0.1, 0.15) is 0 Å². The van der Waals surface area contributed by atoms with Crippen molar-refractivity contribution in [1.29, 1.82) is 0 Å². The molecule has 2 aromatic heterocycles. The fourth-order valence-corrected chi connectivity index (χ4v) is 2.29. The van der Waals surface area contributed by atoms with Crippen molar-refractivity contribution in [1.82, 2.24) is 14.5 Å². The van der Waals surface area contributed by atoms with Gasteiger partial charge >= 0.3 is 0 Å². The summed E-state index contributed by atoms with van der Waals surface area (Å²) in [5.74, 6) is -0.0790. The number of hydrogen-bond acceptors (Lipinski definition) is 5. The van der Waals surface area contributed by atoms with E-state index in [9.17, 15) is 9.18 Å². The lowest BCUT2D eigenvalue weighted by molar-refractivity contribution is 0.632. The Hall–Kier alpha value is -2.96. The van der Waals surface area contributed by atoms with E-state index >= 15 is 0 Å². The fraction of sp³-hybridized carbons (Fsp3) is 0.133. The van der Waals surface area contributed by atoms with Gasteiger partial charge in [-0.3, -0.25) is 9.36 Å². The fourth-order valence-electron chi connectivity index (χ4n) is 2.29. The van der Waals surface area contributed by atoms with Crippen molar-refractivity contribution in [2.24, 2.45) is 7.05 Å². The average Bonchev–Trinajstić information content (AvgIpc) is 2.53. The summed E-state index contributed by atoms with van der Waals surface area (Å²) in [7, 11) is 3.34. The molecule has 2 heterocycles. The zero-order valence-corrected chi connectivity index (χ0v) is 12.1. The molecule has 3 aromatic rings. The number of nitrogens with one attached hydrogen (secondary N) is 1. The van der Waals surface area contributed by atoms with Crippen LogP contribution >= 0.6 is 0 Å². The summed E-state index contributed by atoms with van der Waals surface area (Å²) < 4.78 is 14.7. The third-order valence-corrected chi connectivity index (χ3v) is 3.48. The number of aromatic nitrogens is 3. The van der Waals surface area contributed by atoms with Gasteiger partial charge in [-0.1, -0.05) is 6.07 Å². The van der Waals surface area contributed by atoms with E-state index in [1.54, 1.807) is 26.4 Å². The molecule has 0 atom stereocenters. The number of rotatable bonds is 2. The summed E-state index contributed by atoms with van der Waals surface area (Å²) in [5, 5.41) is 3.54. The molecule has 3 N–H and O–H groups in total. The number of fused-ring (bicyclic) bond motifs is 1. The second-order valence-electron chi connectivity index (χ2n) is 4.88. The van der Waals surface area contributed by atoms with Gasteiger partial charge < -0.3 is 11.1 Å². The standard InChI is InChI=1S/C15H14FN5O/c1-18-15-19-7-9-5-10(14(22)21(2)13(9)20-15)8-3-4-11(16)12(17)6-8/h3-7H,17H2,1-2H3,(H,18,19,20). The highest BCUT2D eigenvalue weighted by molar-refractivity contribution is 5.82. The van der Waals surface area contributed by atoms with Gasteiger partial charge in [0.2, 0.25) is 5.95 Å². The first kappa shape index (κ1) is 14.0. The predicted molar refractivity (Wildman–Crippen MR) is 84.1 cm³/mol. The topological polar surface area (TPSA) is 85.8 Å². The molecule has 0 unspecified atom stereocenters. The van der Waals surface area contributed by atoms with Crippen LogP contribution in [-0.2, 0) is 7.05 Å². The van der Waals surface area contributed by atoms with Crippen molar-refractivity contribution in [3.05, 3.63) is 46.6 Å². The van der Waals surface area contributed by atoms with Crippen LogP contribution in [0.3, 0.4) is 0 Å². The molecule has 0 aliphatic carbocycles.